The van der Waals surface area contributed by atoms with E-state index in [0.29, 0.717) is 35.3 Å². The molecule has 0 aliphatic carbocycles. The third kappa shape index (κ3) is 2.52. The van der Waals surface area contributed by atoms with Crippen molar-refractivity contribution in [3.05, 3.63) is 22.7 Å². The molecule has 18 heavy (non-hydrogen) atoms. The van der Waals surface area contributed by atoms with Crippen LogP contribution in [0.25, 0.3) is 0 Å². The van der Waals surface area contributed by atoms with Gasteiger partial charge in [0.25, 0.3) is 0 Å². The van der Waals surface area contributed by atoms with Crippen molar-refractivity contribution >= 4 is 17.5 Å². The number of fused-ring (bicyclic) bond motifs is 1. The maximum atomic E-state index is 11.3. The molecular weight excluding hydrogens is 256 g/mol. The van der Waals surface area contributed by atoms with Gasteiger partial charge in [0.15, 0.2) is 11.5 Å². The van der Waals surface area contributed by atoms with Crippen LogP contribution in [0.5, 0.6) is 11.5 Å². The Bertz CT molecular complexity index is 465. The van der Waals surface area contributed by atoms with Gasteiger partial charge in [-0.3, -0.25) is 4.79 Å². The molecule has 1 unspecified atom stereocenters. The van der Waals surface area contributed by atoms with E-state index >= 15 is 0 Å². The first-order chi connectivity index (χ1) is 8.63. The second-order valence-corrected chi connectivity index (χ2v) is 4.41. The van der Waals surface area contributed by atoms with Crippen LogP contribution in [0, 0.1) is 0 Å². The van der Waals surface area contributed by atoms with Crippen LogP contribution in [0.4, 0.5) is 0 Å². The van der Waals surface area contributed by atoms with E-state index in [4.69, 9.17) is 26.8 Å². The van der Waals surface area contributed by atoms with Crippen LogP contribution in [0.15, 0.2) is 12.1 Å². The van der Waals surface area contributed by atoms with E-state index in [2.05, 4.69) is 5.32 Å². The second-order valence-electron chi connectivity index (χ2n) is 4.00. The molecule has 1 atom stereocenters. The molecule has 0 aromatic heterocycles. The summed E-state index contributed by atoms with van der Waals surface area (Å²) in [4.78, 5) is 11.3. The molecule has 1 amide bonds. The molecule has 1 aliphatic heterocycles. The fourth-order valence-electron chi connectivity index (χ4n) is 1.89. The maximum absolute atomic E-state index is 11.3. The largest absolute Gasteiger partial charge is 0.489 e. The van der Waals surface area contributed by atoms with Crippen molar-refractivity contribution in [3.8, 4) is 11.5 Å². The summed E-state index contributed by atoms with van der Waals surface area (Å²) in [5.74, 6) is 0.608. The molecule has 0 saturated heterocycles. The van der Waals surface area contributed by atoms with Gasteiger partial charge in [0.05, 0.1) is 18.2 Å². The quantitative estimate of drug-likeness (QED) is 0.867. The number of carbonyl (C=O) groups excluding carboxylic acids is 1. The lowest BCUT2D eigenvalue weighted by Crippen LogP contribution is -2.31. The van der Waals surface area contributed by atoms with Gasteiger partial charge in [-0.1, -0.05) is 11.6 Å². The number of rotatable bonds is 3. The van der Waals surface area contributed by atoms with Crippen molar-refractivity contribution in [1.82, 2.24) is 5.32 Å². The Morgan fingerprint density at radius 3 is 2.83 bits per heavy atom. The van der Waals surface area contributed by atoms with Gasteiger partial charge >= 0.3 is 0 Å². The van der Waals surface area contributed by atoms with Crippen LogP contribution in [0.2, 0.25) is 5.02 Å². The maximum Gasteiger partial charge on any atom is 0.239 e. The Kier molecular flexibility index (Phi) is 3.93. The average Bonchev–Trinajstić information content (AvgIpc) is 2.55. The minimum Gasteiger partial charge on any atom is -0.489 e. The molecule has 5 nitrogen and oxygen atoms in total. The highest BCUT2D eigenvalue weighted by molar-refractivity contribution is 6.32. The lowest BCUT2D eigenvalue weighted by Gasteiger charge is -2.16. The zero-order chi connectivity index (χ0) is 13.1. The van der Waals surface area contributed by atoms with Gasteiger partial charge in [0.1, 0.15) is 6.04 Å². The van der Waals surface area contributed by atoms with Crippen LogP contribution >= 0.6 is 11.6 Å². The smallest absolute Gasteiger partial charge is 0.239 e. The second kappa shape index (κ2) is 5.46. The number of likely N-dealkylation sites (N-methyl/N-ethyl adjacent to an activating group) is 1. The first kappa shape index (κ1) is 13.0. The van der Waals surface area contributed by atoms with Crippen molar-refractivity contribution in [1.29, 1.82) is 0 Å². The summed E-state index contributed by atoms with van der Waals surface area (Å²) in [7, 11) is 1.66. The van der Waals surface area contributed by atoms with Gasteiger partial charge in [-0.15, -0.1) is 0 Å². The molecule has 1 aliphatic rings. The zero-order valence-electron chi connectivity index (χ0n) is 10.0. The van der Waals surface area contributed by atoms with E-state index in [1.54, 1.807) is 19.2 Å². The highest BCUT2D eigenvalue weighted by atomic mass is 35.5. The standard InChI is InChI=1S/C12H15ClN2O3/c1-15-10(12(14)16)7-5-8(13)11-9(6-7)17-3-2-4-18-11/h5-6,10,15H,2-4H2,1H3,(H2,14,16). The zero-order valence-corrected chi connectivity index (χ0v) is 10.8. The summed E-state index contributed by atoms with van der Waals surface area (Å²) < 4.78 is 11.1. The summed E-state index contributed by atoms with van der Waals surface area (Å²) >= 11 is 6.14. The lowest BCUT2D eigenvalue weighted by molar-refractivity contribution is -0.120. The number of benzene rings is 1. The molecule has 6 heteroatoms. The molecule has 98 valence electrons. The van der Waals surface area contributed by atoms with Crippen molar-refractivity contribution in [2.75, 3.05) is 20.3 Å². The first-order valence-corrected chi connectivity index (χ1v) is 6.07. The molecular formula is C12H15ClN2O3. The van der Waals surface area contributed by atoms with E-state index in [9.17, 15) is 4.79 Å². The highest BCUT2D eigenvalue weighted by Gasteiger charge is 2.21. The predicted octanol–water partition coefficient (Wildman–Crippen LogP) is 1.25. The number of nitrogens with one attached hydrogen (secondary N) is 1. The SMILES string of the molecule is CNC(C(N)=O)c1cc(Cl)c2c(c1)OCCCO2. The van der Waals surface area contributed by atoms with Gasteiger partial charge in [0, 0.05) is 6.42 Å². The number of nitrogens with two attached hydrogens (primary N) is 1. The Labute approximate surface area is 110 Å². The van der Waals surface area contributed by atoms with Crippen LogP contribution < -0.4 is 20.5 Å². The van der Waals surface area contributed by atoms with E-state index in [1.165, 1.54) is 0 Å². The summed E-state index contributed by atoms with van der Waals surface area (Å²) in [5.41, 5.74) is 5.99. The van der Waals surface area contributed by atoms with Gasteiger partial charge in [-0.05, 0) is 24.7 Å². The van der Waals surface area contributed by atoms with E-state index in [0.717, 1.165) is 6.42 Å². The molecule has 2 rings (SSSR count). The fourth-order valence-corrected chi connectivity index (χ4v) is 2.16. The first-order valence-electron chi connectivity index (χ1n) is 5.69. The van der Waals surface area contributed by atoms with E-state index in [1.807, 2.05) is 0 Å². The Hall–Kier alpha value is -1.46. The number of amides is 1. The normalized spacial score (nSPS) is 15.9. The monoisotopic (exact) mass is 270 g/mol. The topological polar surface area (TPSA) is 73.6 Å². The Morgan fingerprint density at radius 1 is 1.44 bits per heavy atom. The minimum atomic E-state index is -0.598. The van der Waals surface area contributed by atoms with Crippen LogP contribution in [0.1, 0.15) is 18.0 Å². The molecule has 3 N–H and O–H groups in total. The van der Waals surface area contributed by atoms with Crippen molar-refractivity contribution in [2.45, 2.75) is 12.5 Å². The summed E-state index contributed by atoms with van der Waals surface area (Å²) in [6.45, 7) is 1.13. The molecule has 1 aromatic carbocycles. The summed E-state index contributed by atoms with van der Waals surface area (Å²) in [5, 5.41) is 3.26. The average molecular weight is 271 g/mol. The number of halogens is 1. The van der Waals surface area contributed by atoms with Gasteiger partial charge < -0.3 is 20.5 Å². The van der Waals surface area contributed by atoms with Crippen molar-refractivity contribution < 1.29 is 14.3 Å². The fraction of sp³-hybridized carbons (Fsp3) is 0.417. The third-order valence-corrected chi connectivity index (χ3v) is 3.01. The molecule has 0 saturated carbocycles. The summed E-state index contributed by atoms with van der Waals surface area (Å²) in [6, 6.07) is 2.80. The van der Waals surface area contributed by atoms with Gasteiger partial charge in [0.2, 0.25) is 5.91 Å². The van der Waals surface area contributed by atoms with Crippen LogP contribution in [0.3, 0.4) is 0 Å². The number of hydrogen-bond donors (Lipinski definition) is 2. The molecule has 0 spiro atoms. The summed E-state index contributed by atoms with van der Waals surface area (Å²) in [6.07, 6.45) is 0.797. The number of primary amides is 1. The Morgan fingerprint density at radius 2 is 2.17 bits per heavy atom. The minimum absolute atomic E-state index is 0.422. The van der Waals surface area contributed by atoms with Gasteiger partial charge in [-0.2, -0.15) is 0 Å². The Balaban J connectivity index is 2.42. The third-order valence-electron chi connectivity index (χ3n) is 2.73. The van der Waals surface area contributed by atoms with Gasteiger partial charge in [-0.25, -0.2) is 0 Å². The number of ether oxygens (including phenoxy) is 2. The van der Waals surface area contributed by atoms with Crippen molar-refractivity contribution in [2.24, 2.45) is 5.73 Å². The van der Waals surface area contributed by atoms with Crippen molar-refractivity contribution in [3.63, 3.8) is 0 Å². The molecule has 0 radical (unpaired) electrons. The van der Waals surface area contributed by atoms with Crippen LogP contribution in [-0.2, 0) is 4.79 Å². The van der Waals surface area contributed by atoms with E-state index in [-0.39, 0.29) is 0 Å². The predicted molar refractivity (Wildman–Crippen MR) is 68.1 cm³/mol. The molecule has 1 heterocycles. The number of hydrogen-bond acceptors (Lipinski definition) is 4. The van der Waals surface area contributed by atoms with Crippen LogP contribution in [-0.4, -0.2) is 26.2 Å². The van der Waals surface area contributed by atoms with E-state index < -0.39 is 11.9 Å². The number of carbonyl (C=O) groups is 1. The highest BCUT2D eigenvalue weighted by Crippen LogP contribution is 2.39. The lowest BCUT2D eigenvalue weighted by atomic mass is 10.1. The molecule has 1 aromatic rings. The molecule has 0 fully saturated rings. The molecule has 0 bridgehead atoms.